The number of morpholine rings is 1. The molecule has 1 aromatic heterocycles. The van der Waals surface area contributed by atoms with E-state index in [0.717, 1.165) is 5.33 Å². The second-order valence-electron chi connectivity index (χ2n) is 5.08. The number of carbonyl (C=O) groups excluding carboxylic acids is 1. The molecule has 0 bridgehead atoms. The molecule has 4 nitrogen and oxygen atoms in total. The van der Waals surface area contributed by atoms with Gasteiger partial charge in [0.2, 0.25) is 0 Å². The van der Waals surface area contributed by atoms with Crippen molar-refractivity contribution in [3.63, 3.8) is 0 Å². The van der Waals surface area contributed by atoms with Crippen LogP contribution in [0.4, 0.5) is 0 Å². The van der Waals surface area contributed by atoms with Crippen molar-refractivity contribution in [2.75, 3.05) is 18.4 Å². The molecular formula is C13H17BrN2O2. The molecule has 0 radical (unpaired) electrons. The minimum absolute atomic E-state index is 0.0412. The summed E-state index contributed by atoms with van der Waals surface area (Å²) in [4.78, 5) is 18.2. The summed E-state index contributed by atoms with van der Waals surface area (Å²) in [6.07, 6.45) is 3.32. The van der Waals surface area contributed by atoms with Gasteiger partial charge in [0.15, 0.2) is 0 Å². The van der Waals surface area contributed by atoms with E-state index in [0.29, 0.717) is 18.7 Å². The highest BCUT2D eigenvalue weighted by Crippen LogP contribution is 2.23. The summed E-state index contributed by atoms with van der Waals surface area (Å²) in [5, 5.41) is 0.733. The van der Waals surface area contributed by atoms with Crippen LogP contribution in [0.15, 0.2) is 24.5 Å². The van der Waals surface area contributed by atoms with Crippen LogP contribution in [-0.2, 0) is 4.74 Å². The molecule has 0 N–H and O–H groups in total. The van der Waals surface area contributed by atoms with E-state index in [1.807, 2.05) is 18.7 Å². The first-order valence-corrected chi connectivity index (χ1v) is 7.07. The van der Waals surface area contributed by atoms with Crippen LogP contribution in [0.1, 0.15) is 24.2 Å². The molecule has 1 unspecified atom stereocenters. The van der Waals surface area contributed by atoms with E-state index in [9.17, 15) is 4.79 Å². The van der Waals surface area contributed by atoms with E-state index in [4.69, 9.17) is 4.74 Å². The first-order chi connectivity index (χ1) is 8.52. The van der Waals surface area contributed by atoms with Gasteiger partial charge in [0.1, 0.15) is 0 Å². The number of amides is 1. The molecular weight excluding hydrogens is 296 g/mol. The standard InChI is InChI=1S/C13H17BrN2O2/c1-13(2)9-16(8-11(7-14)18-13)12(17)10-3-5-15-6-4-10/h3-6,11H,7-9H2,1-2H3. The Morgan fingerprint density at radius 1 is 1.56 bits per heavy atom. The van der Waals surface area contributed by atoms with Gasteiger partial charge in [-0.25, -0.2) is 0 Å². The Balaban J connectivity index is 2.15. The minimum atomic E-state index is -0.306. The molecule has 1 amide bonds. The fourth-order valence-electron chi connectivity index (χ4n) is 2.21. The summed E-state index contributed by atoms with van der Waals surface area (Å²) in [6, 6.07) is 3.49. The van der Waals surface area contributed by atoms with E-state index in [1.165, 1.54) is 0 Å². The van der Waals surface area contributed by atoms with Crippen molar-refractivity contribution < 1.29 is 9.53 Å². The summed E-state index contributed by atoms with van der Waals surface area (Å²) < 4.78 is 5.89. The maximum Gasteiger partial charge on any atom is 0.254 e. The van der Waals surface area contributed by atoms with Crippen LogP contribution < -0.4 is 0 Å². The third-order valence-electron chi connectivity index (χ3n) is 2.87. The zero-order valence-electron chi connectivity index (χ0n) is 10.6. The van der Waals surface area contributed by atoms with Crippen molar-refractivity contribution in [2.45, 2.75) is 25.6 Å². The lowest BCUT2D eigenvalue weighted by atomic mass is 10.0. The highest BCUT2D eigenvalue weighted by Gasteiger charge is 2.35. The number of pyridine rings is 1. The Morgan fingerprint density at radius 3 is 2.83 bits per heavy atom. The van der Waals surface area contributed by atoms with Gasteiger partial charge >= 0.3 is 0 Å². The van der Waals surface area contributed by atoms with Gasteiger partial charge in [-0.1, -0.05) is 15.9 Å². The van der Waals surface area contributed by atoms with Gasteiger partial charge in [-0.05, 0) is 26.0 Å². The van der Waals surface area contributed by atoms with E-state index in [2.05, 4.69) is 20.9 Å². The number of carbonyl (C=O) groups is 1. The summed E-state index contributed by atoms with van der Waals surface area (Å²) >= 11 is 3.42. The number of hydrogen-bond acceptors (Lipinski definition) is 3. The number of nitrogens with zero attached hydrogens (tertiary/aromatic N) is 2. The average molecular weight is 313 g/mol. The normalized spacial score (nSPS) is 22.8. The number of rotatable bonds is 2. The summed E-state index contributed by atoms with van der Waals surface area (Å²) in [6.45, 7) is 5.25. The van der Waals surface area contributed by atoms with Crippen molar-refractivity contribution in [3.05, 3.63) is 30.1 Å². The quantitative estimate of drug-likeness (QED) is 0.785. The van der Waals surface area contributed by atoms with Gasteiger partial charge in [0.25, 0.3) is 5.91 Å². The van der Waals surface area contributed by atoms with Gasteiger partial charge in [-0.2, -0.15) is 0 Å². The first-order valence-electron chi connectivity index (χ1n) is 5.95. The average Bonchev–Trinajstić information content (AvgIpc) is 2.37. The first kappa shape index (κ1) is 13.5. The molecule has 5 heteroatoms. The molecule has 1 atom stereocenters. The van der Waals surface area contributed by atoms with Crippen LogP contribution in [0, 0.1) is 0 Å². The number of hydrogen-bond donors (Lipinski definition) is 0. The zero-order valence-corrected chi connectivity index (χ0v) is 12.2. The second kappa shape index (κ2) is 5.36. The lowest BCUT2D eigenvalue weighted by molar-refractivity contribution is -0.116. The molecule has 2 rings (SSSR count). The van der Waals surface area contributed by atoms with Gasteiger partial charge in [-0.3, -0.25) is 9.78 Å². The SMILES string of the molecule is CC1(C)CN(C(=O)c2ccncc2)CC(CBr)O1. The molecule has 0 spiro atoms. The smallest absolute Gasteiger partial charge is 0.254 e. The molecule has 1 aromatic rings. The highest BCUT2D eigenvalue weighted by molar-refractivity contribution is 9.09. The molecule has 1 fully saturated rings. The molecule has 0 saturated carbocycles. The van der Waals surface area contributed by atoms with E-state index in [-0.39, 0.29) is 17.6 Å². The lowest BCUT2D eigenvalue weighted by Gasteiger charge is -2.42. The number of halogens is 1. The third kappa shape index (κ3) is 3.09. The van der Waals surface area contributed by atoms with Crippen LogP contribution in [-0.4, -0.2) is 45.9 Å². The van der Waals surface area contributed by atoms with Crippen LogP contribution in [0.2, 0.25) is 0 Å². The molecule has 98 valence electrons. The van der Waals surface area contributed by atoms with Gasteiger partial charge < -0.3 is 9.64 Å². The Labute approximate surface area is 115 Å². The van der Waals surface area contributed by atoms with E-state index < -0.39 is 0 Å². The molecule has 18 heavy (non-hydrogen) atoms. The molecule has 1 saturated heterocycles. The summed E-state index contributed by atoms with van der Waals surface area (Å²) in [5.74, 6) is 0.0414. The third-order valence-corrected chi connectivity index (χ3v) is 3.59. The Hall–Kier alpha value is -0.940. The summed E-state index contributed by atoms with van der Waals surface area (Å²) in [7, 11) is 0. The van der Waals surface area contributed by atoms with E-state index >= 15 is 0 Å². The monoisotopic (exact) mass is 312 g/mol. The van der Waals surface area contributed by atoms with Crippen molar-refractivity contribution in [3.8, 4) is 0 Å². The predicted molar refractivity (Wildman–Crippen MR) is 72.9 cm³/mol. The van der Waals surface area contributed by atoms with Crippen LogP contribution in [0.25, 0.3) is 0 Å². The maximum atomic E-state index is 12.4. The maximum absolute atomic E-state index is 12.4. The fraction of sp³-hybridized carbons (Fsp3) is 0.538. The molecule has 0 aromatic carbocycles. The predicted octanol–water partition coefficient (Wildman–Crippen LogP) is 2.10. The number of aromatic nitrogens is 1. The zero-order chi connectivity index (χ0) is 13.2. The fourth-order valence-corrected chi connectivity index (χ4v) is 2.54. The Kier molecular flexibility index (Phi) is 4.02. The van der Waals surface area contributed by atoms with Crippen molar-refractivity contribution in [1.29, 1.82) is 0 Å². The van der Waals surface area contributed by atoms with Gasteiger partial charge in [-0.15, -0.1) is 0 Å². The van der Waals surface area contributed by atoms with E-state index in [1.54, 1.807) is 24.5 Å². The Bertz CT molecular complexity index is 422. The van der Waals surface area contributed by atoms with Crippen molar-refractivity contribution >= 4 is 21.8 Å². The Morgan fingerprint density at radius 2 is 2.22 bits per heavy atom. The van der Waals surface area contributed by atoms with Crippen molar-refractivity contribution in [2.24, 2.45) is 0 Å². The lowest BCUT2D eigenvalue weighted by Crippen LogP contribution is -2.55. The van der Waals surface area contributed by atoms with Crippen LogP contribution in [0.5, 0.6) is 0 Å². The largest absolute Gasteiger partial charge is 0.368 e. The minimum Gasteiger partial charge on any atom is -0.368 e. The molecule has 2 heterocycles. The second-order valence-corrected chi connectivity index (χ2v) is 5.72. The van der Waals surface area contributed by atoms with Gasteiger partial charge in [0.05, 0.1) is 11.7 Å². The summed E-state index contributed by atoms with van der Waals surface area (Å²) in [5.41, 5.74) is 0.371. The van der Waals surface area contributed by atoms with Crippen LogP contribution in [0.3, 0.4) is 0 Å². The van der Waals surface area contributed by atoms with Crippen LogP contribution >= 0.6 is 15.9 Å². The topological polar surface area (TPSA) is 42.4 Å². The van der Waals surface area contributed by atoms with Crippen molar-refractivity contribution in [1.82, 2.24) is 9.88 Å². The number of alkyl halides is 1. The van der Waals surface area contributed by atoms with Gasteiger partial charge in [0, 0.05) is 36.4 Å². The number of ether oxygens (including phenoxy) is 1. The molecule has 1 aliphatic rings. The highest BCUT2D eigenvalue weighted by atomic mass is 79.9. The molecule has 1 aliphatic heterocycles. The molecule has 0 aliphatic carbocycles.